The Morgan fingerprint density at radius 3 is 2.57 bits per heavy atom. The molecule has 0 aromatic heterocycles. The van der Waals surface area contributed by atoms with Crippen LogP contribution >= 0.6 is 0 Å². The maximum absolute atomic E-state index is 5.37. The highest BCUT2D eigenvalue weighted by Crippen LogP contribution is 2.31. The number of hydrogen-bond donors (Lipinski definition) is 1. The molecule has 1 heterocycles. The smallest absolute Gasteiger partial charge is 0.0469 e. The third-order valence-electron chi connectivity index (χ3n) is 3.69. The summed E-state index contributed by atoms with van der Waals surface area (Å²) in [5.41, 5.74) is 0. The summed E-state index contributed by atoms with van der Waals surface area (Å²) in [5, 5.41) is 3.67. The van der Waals surface area contributed by atoms with E-state index in [2.05, 4.69) is 12.2 Å². The number of ether oxygens (including phenoxy) is 1. The Balaban J connectivity index is 1.57. The lowest BCUT2D eigenvalue weighted by Gasteiger charge is -2.28. The van der Waals surface area contributed by atoms with Crippen LogP contribution in [-0.2, 0) is 4.74 Å². The molecule has 2 rings (SSSR count). The fourth-order valence-electron chi connectivity index (χ4n) is 2.30. The molecule has 0 spiro atoms. The lowest BCUT2D eigenvalue weighted by molar-refractivity contribution is 0.0559. The molecule has 82 valence electrons. The van der Waals surface area contributed by atoms with E-state index in [-0.39, 0.29) is 0 Å². The molecule has 2 heteroatoms. The maximum Gasteiger partial charge on any atom is 0.0469 e. The van der Waals surface area contributed by atoms with Crippen LogP contribution in [0.2, 0.25) is 0 Å². The normalized spacial score (nSPS) is 26.4. The van der Waals surface area contributed by atoms with Gasteiger partial charge in [0.2, 0.25) is 0 Å². The summed E-state index contributed by atoms with van der Waals surface area (Å²) < 4.78 is 5.37. The fraction of sp³-hybridized carbons (Fsp3) is 1.00. The molecule has 0 aromatic carbocycles. The number of hydrogen-bond acceptors (Lipinski definition) is 2. The van der Waals surface area contributed by atoms with Gasteiger partial charge in [-0.3, -0.25) is 0 Å². The van der Waals surface area contributed by atoms with Crippen LogP contribution in [0.4, 0.5) is 0 Å². The highest BCUT2D eigenvalue weighted by Gasteiger charge is 2.22. The van der Waals surface area contributed by atoms with Crippen LogP contribution in [-0.4, -0.2) is 25.8 Å². The van der Waals surface area contributed by atoms with Crippen molar-refractivity contribution in [1.82, 2.24) is 5.32 Å². The van der Waals surface area contributed by atoms with E-state index in [1.807, 2.05) is 0 Å². The molecule has 1 atom stereocenters. The molecule has 1 saturated carbocycles. The highest BCUT2D eigenvalue weighted by atomic mass is 16.5. The van der Waals surface area contributed by atoms with Crippen molar-refractivity contribution in [3.8, 4) is 0 Å². The molecule has 2 nitrogen and oxygen atoms in total. The molecule has 2 fully saturated rings. The molecule has 1 unspecified atom stereocenters. The van der Waals surface area contributed by atoms with Gasteiger partial charge >= 0.3 is 0 Å². The Labute approximate surface area is 87.4 Å². The Bertz CT molecular complexity index is 162. The number of rotatable bonds is 5. The third-order valence-corrected chi connectivity index (χ3v) is 3.69. The zero-order valence-electron chi connectivity index (χ0n) is 9.30. The van der Waals surface area contributed by atoms with E-state index >= 15 is 0 Å². The first-order chi connectivity index (χ1) is 6.86. The molecule has 1 aliphatic heterocycles. The van der Waals surface area contributed by atoms with E-state index in [1.54, 1.807) is 0 Å². The van der Waals surface area contributed by atoms with Gasteiger partial charge in [0.1, 0.15) is 0 Å². The van der Waals surface area contributed by atoms with Crippen molar-refractivity contribution in [2.24, 2.45) is 11.8 Å². The van der Waals surface area contributed by atoms with Crippen molar-refractivity contribution in [1.29, 1.82) is 0 Å². The Hall–Kier alpha value is -0.0800. The van der Waals surface area contributed by atoms with Gasteiger partial charge in [-0.1, -0.05) is 12.8 Å². The van der Waals surface area contributed by atoms with Crippen molar-refractivity contribution in [3.63, 3.8) is 0 Å². The van der Waals surface area contributed by atoms with Crippen LogP contribution in [0.3, 0.4) is 0 Å². The average molecular weight is 197 g/mol. The van der Waals surface area contributed by atoms with Gasteiger partial charge in [-0.2, -0.15) is 0 Å². The largest absolute Gasteiger partial charge is 0.381 e. The molecule has 0 amide bonds. The summed E-state index contributed by atoms with van der Waals surface area (Å²) >= 11 is 0. The SMILES string of the molecule is CC(NCCC1CC1)C1CCOCC1. The molecule has 0 aromatic rings. The lowest BCUT2D eigenvalue weighted by Crippen LogP contribution is -2.37. The minimum Gasteiger partial charge on any atom is -0.381 e. The summed E-state index contributed by atoms with van der Waals surface area (Å²) in [7, 11) is 0. The van der Waals surface area contributed by atoms with Gasteiger partial charge < -0.3 is 10.1 Å². The Kier molecular flexibility index (Phi) is 3.82. The summed E-state index contributed by atoms with van der Waals surface area (Å²) in [4.78, 5) is 0. The molecule has 0 radical (unpaired) electrons. The quantitative estimate of drug-likeness (QED) is 0.729. The van der Waals surface area contributed by atoms with Gasteiger partial charge in [-0.05, 0) is 44.6 Å². The minimum atomic E-state index is 0.692. The summed E-state index contributed by atoms with van der Waals surface area (Å²) in [5.74, 6) is 1.91. The van der Waals surface area contributed by atoms with E-state index < -0.39 is 0 Å². The fourth-order valence-corrected chi connectivity index (χ4v) is 2.30. The van der Waals surface area contributed by atoms with Gasteiger partial charge in [0.15, 0.2) is 0 Å². The van der Waals surface area contributed by atoms with Crippen LogP contribution in [0.1, 0.15) is 39.0 Å². The summed E-state index contributed by atoms with van der Waals surface area (Å²) in [6.45, 7) is 5.50. The van der Waals surface area contributed by atoms with Gasteiger partial charge in [0.25, 0.3) is 0 Å². The molecule has 1 N–H and O–H groups in total. The molecule has 2 aliphatic rings. The van der Waals surface area contributed by atoms with E-state index in [0.29, 0.717) is 6.04 Å². The first-order valence-electron chi connectivity index (χ1n) is 6.17. The van der Waals surface area contributed by atoms with Crippen LogP contribution in [0.5, 0.6) is 0 Å². The minimum absolute atomic E-state index is 0.692. The van der Waals surface area contributed by atoms with E-state index in [0.717, 1.165) is 25.0 Å². The van der Waals surface area contributed by atoms with Gasteiger partial charge in [-0.15, -0.1) is 0 Å². The molecule has 1 aliphatic carbocycles. The predicted molar refractivity (Wildman–Crippen MR) is 58.3 cm³/mol. The summed E-state index contributed by atoms with van der Waals surface area (Å²) in [6.07, 6.45) is 6.85. The van der Waals surface area contributed by atoms with Crippen molar-refractivity contribution >= 4 is 0 Å². The van der Waals surface area contributed by atoms with Crippen molar-refractivity contribution in [2.75, 3.05) is 19.8 Å². The Morgan fingerprint density at radius 1 is 1.21 bits per heavy atom. The van der Waals surface area contributed by atoms with E-state index in [9.17, 15) is 0 Å². The molecular weight excluding hydrogens is 174 g/mol. The zero-order chi connectivity index (χ0) is 9.80. The monoisotopic (exact) mass is 197 g/mol. The van der Waals surface area contributed by atoms with Crippen LogP contribution in [0.15, 0.2) is 0 Å². The molecule has 0 bridgehead atoms. The lowest BCUT2D eigenvalue weighted by atomic mass is 9.93. The van der Waals surface area contributed by atoms with Crippen LogP contribution in [0, 0.1) is 11.8 Å². The topological polar surface area (TPSA) is 21.3 Å². The highest BCUT2D eigenvalue weighted by molar-refractivity contribution is 4.77. The van der Waals surface area contributed by atoms with Crippen molar-refractivity contribution < 1.29 is 4.74 Å². The van der Waals surface area contributed by atoms with E-state index in [1.165, 1.54) is 38.6 Å². The van der Waals surface area contributed by atoms with Gasteiger partial charge in [-0.25, -0.2) is 0 Å². The third kappa shape index (κ3) is 3.25. The van der Waals surface area contributed by atoms with Crippen LogP contribution < -0.4 is 5.32 Å². The standard InChI is InChI=1S/C12H23NO/c1-10(12-5-8-14-9-6-12)13-7-4-11-2-3-11/h10-13H,2-9H2,1H3. The first kappa shape index (κ1) is 10.4. The van der Waals surface area contributed by atoms with Gasteiger partial charge in [0.05, 0.1) is 0 Å². The Morgan fingerprint density at radius 2 is 1.93 bits per heavy atom. The maximum atomic E-state index is 5.37. The number of nitrogens with one attached hydrogen (secondary N) is 1. The second kappa shape index (κ2) is 5.13. The first-order valence-corrected chi connectivity index (χ1v) is 6.17. The van der Waals surface area contributed by atoms with Crippen LogP contribution in [0.25, 0.3) is 0 Å². The molecule has 1 saturated heterocycles. The summed E-state index contributed by atoms with van der Waals surface area (Å²) in [6, 6.07) is 0.692. The molecular formula is C12H23NO. The average Bonchev–Trinajstić information content (AvgIpc) is 3.03. The molecule has 14 heavy (non-hydrogen) atoms. The zero-order valence-corrected chi connectivity index (χ0v) is 9.30. The van der Waals surface area contributed by atoms with Crippen molar-refractivity contribution in [2.45, 2.75) is 45.1 Å². The van der Waals surface area contributed by atoms with Crippen molar-refractivity contribution in [3.05, 3.63) is 0 Å². The van der Waals surface area contributed by atoms with E-state index in [4.69, 9.17) is 4.74 Å². The second-order valence-electron chi connectivity index (χ2n) is 4.92. The predicted octanol–water partition coefficient (Wildman–Crippen LogP) is 2.19. The van der Waals surface area contributed by atoms with Gasteiger partial charge in [0, 0.05) is 19.3 Å². The second-order valence-corrected chi connectivity index (χ2v) is 4.92.